The monoisotopic (exact) mass is 219 g/mol. The molecule has 0 aliphatic heterocycles. The van der Waals surface area contributed by atoms with E-state index in [1.807, 2.05) is 4.72 Å². The molecule has 0 bridgehead atoms. The molecule has 0 aromatic heterocycles. The molecule has 80 valence electrons. The molecule has 0 unspecified atom stereocenters. The lowest BCUT2D eigenvalue weighted by Crippen LogP contribution is -2.44. The fourth-order valence-electron chi connectivity index (χ4n) is 0.718. The smallest absolute Gasteiger partial charge is 0.212 e. The number of alkyl halides is 3. The largest absolute Gasteiger partial charge is 0.404 e. The van der Waals surface area contributed by atoms with Gasteiger partial charge in [-0.05, 0) is 20.8 Å². The van der Waals surface area contributed by atoms with Crippen LogP contribution in [0.3, 0.4) is 0 Å². The van der Waals surface area contributed by atoms with Crippen LogP contribution in [0.1, 0.15) is 20.8 Å². The van der Waals surface area contributed by atoms with Crippen LogP contribution < -0.4 is 4.72 Å². The van der Waals surface area contributed by atoms with Gasteiger partial charge in [0.15, 0.2) is 5.75 Å². The van der Waals surface area contributed by atoms with Crippen molar-refractivity contribution in [2.45, 2.75) is 32.5 Å². The third kappa shape index (κ3) is 8.04. The highest BCUT2D eigenvalue weighted by Gasteiger charge is 2.36. The minimum absolute atomic E-state index is 0.885. The number of hydrogen-bond acceptors (Lipinski definition) is 2. The molecule has 0 radical (unpaired) electrons. The topological polar surface area (TPSA) is 46.2 Å². The maximum Gasteiger partial charge on any atom is 0.404 e. The molecule has 13 heavy (non-hydrogen) atoms. The van der Waals surface area contributed by atoms with Crippen LogP contribution in [0, 0.1) is 0 Å². The standard InChI is InChI=1S/C6H12F3NO2S/c1-5(2,3)10-13(11,12)4-6(7,8)9/h10H,4H2,1-3H3. The van der Waals surface area contributed by atoms with Gasteiger partial charge in [0.25, 0.3) is 0 Å². The summed E-state index contributed by atoms with van der Waals surface area (Å²) in [4.78, 5) is 0. The summed E-state index contributed by atoms with van der Waals surface area (Å²) in [7, 11) is -4.27. The van der Waals surface area contributed by atoms with Gasteiger partial charge in [-0.3, -0.25) is 0 Å². The molecule has 0 saturated carbocycles. The molecule has 3 nitrogen and oxygen atoms in total. The summed E-state index contributed by atoms with van der Waals surface area (Å²) in [6, 6.07) is 0. The van der Waals surface area contributed by atoms with Crippen LogP contribution in [0.25, 0.3) is 0 Å². The molecule has 0 atom stereocenters. The van der Waals surface area contributed by atoms with Crippen LogP contribution in [-0.4, -0.2) is 25.9 Å². The van der Waals surface area contributed by atoms with Crippen molar-refractivity contribution in [3.8, 4) is 0 Å². The van der Waals surface area contributed by atoms with Gasteiger partial charge >= 0.3 is 6.18 Å². The van der Waals surface area contributed by atoms with Crippen molar-refractivity contribution in [2.24, 2.45) is 0 Å². The summed E-state index contributed by atoms with van der Waals surface area (Å²) in [5.41, 5.74) is -0.885. The minimum atomic E-state index is -4.70. The Labute approximate surface area is 75.4 Å². The van der Waals surface area contributed by atoms with Gasteiger partial charge in [-0.2, -0.15) is 13.2 Å². The summed E-state index contributed by atoms with van der Waals surface area (Å²) in [6.45, 7) is 4.42. The highest BCUT2D eigenvalue weighted by atomic mass is 32.2. The Bertz CT molecular complexity index is 241. The number of sulfonamides is 1. The second-order valence-corrected chi connectivity index (χ2v) is 5.45. The molecule has 0 heterocycles. The van der Waals surface area contributed by atoms with Gasteiger partial charge in [0.1, 0.15) is 0 Å². The van der Waals surface area contributed by atoms with E-state index in [0.717, 1.165) is 0 Å². The summed E-state index contributed by atoms with van der Waals surface area (Å²) >= 11 is 0. The summed E-state index contributed by atoms with van der Waals surface area (Å²) in [5, 5.41) is 0. The fraction of sp³-hybridized carbons (Fsp3) is 1.00. The Morgan fingerprint density at radius 2 is 1.54 bits per heavy atom. The lowest BCUT2D eigenvalue weighted by Gasteiger charge is -2.20. The SMILES string of the molecule is CC(C)(C)NS(=O)(=O)CC(F)(F)F. The van der Waals surface area contributed by atoms with E-state index in [-0.39, 0.29) is 0 Å². The average molecular weight is 219 g/mol. The van der Waals surface area contributed by atoms with E-state index >= 15 is 0 Å². The molecule has 0 spiro atoms. The molecule has 7 heteroatoms. The molecular formula is C6H12F3NO2S. The zero-order chi connectivity index (χ0) is 10.9. The first-order chi connectivity index (χ1) is 5.41. The van der Waals surface area contributed by atoms with Crippen molar-refractivity contribution in [2.75, 3.05) is 5.75 Å². The predicted molar refractivity (Wildman–Crippen MR) is 42.7 cm³/mol. The molecule has 0 aliphatic carbocycles. The van der Waals surface area contributed by atoms with Crippen molar-refractivity contribution >= 4 is 10.0 Å². The molecule has 0 rings (SSSR count). The Kier molecular flexibility index (Phi) is 3.37. The third-order valence-corrected chi connectivity index (χ3v) is 2.45. The van der Waals surface area contributed by atoms with E-state index in [0.29, 0.717) is 0 Å². The molecule has 0 amide bonds. The molecule has 1 N–H and O–H groups in total. The lowest BCUT2D eigenvalue weighted by molar-refractivity contribution is -0.106. The second-order valence-electron chi connectivity index (χ2n) is 3.73. The molecule has 0 fully saturated rings. The van der Waals surface area contributed by atoms with E-state index in [1.165, 1.54) is 20.8 Å². The average Bonchev–Trinajstić information content (AvgIpc) is 1.43. The Hall–Kier alpha value is -0.300. The van der Waals surface area contributed by atoms with Gasteiger partial charge in [-0.25, -0.2) is 13.1 Å². The molecule has 0 aromatic rings. The van der Waals surface area contributed by atoms with E-state index in [9.17, 15) is 21.6 Å². The number of rotatable bonds is 2. The van der Waals surface area contributed by atoms with Crippen molar-refractivity contribution < 1.29 is 21.6 Å². The molecule has 0 saturated heterocycles. The van der Waals surface area contributed by atoms with Crippen molar-refractivity contribution in [3.63, 3.8) is 0 Å². The van der Waals surface area contributed by atoms with Gasteiger partial charge in [-0.1, -0.05) is 0 Å². The first-order valence-corrected chi connectivity index (χ1v) is 5.15. The van der Waals surface area contributed by atoms with E-state index < -0.39 is 27.5 Å². The maximum absolute atomic E-state index is 11.7. The summed E-state index contributed by atoms with van der Waals surface area (Å²) < 4.78 is 58.7. The molecule has 0 aliphatic rings. The Morgan fingerprint density at radius 1 is 1.15 bits per heavy atom. The zero-order valence-electron chi connectivity index (χ0n) is 7.57. The third-order valence-electron chi connectivity index (χ3n) is 0.815. The second kappa shape index (κ2) is 3.45. The predicted octanol–water partition coefficient (Wildman–Crippen LogP) is 1.27. The van der Waals surface area contributed by atoms with Crippen LogP contribution in [0.4, 0.5) is 13.2 Å². The number of nitrogens with one attached hydrogen (secondary N) is 1. The van der Waals surface area contributed by atoms with Crippen LogP contribution >= 0.6 is 0 Å². The van der Waals surface area contributed by atoms with Gasteiger partial charge in [0.05, 0.1) is 0 Å². The van der Waals surface area contributed by atoms with Crippen LogP contribution in [0.5, 0.6) is 0 Å². The highest BCUT2D eigenvalue weighted by Crippen LogP contribution is 2.17. The highest BCUT2D eigenvalue weighted by molar-refractivity contribution is 7.89. The van der Waals surface area contributed by atoms with Crippen LogP contribution in [-0.2, 0) is 10.0 Å². The van der Waals surface area contributed by atoms with Gasteiger partial charge in [0.2, 0.25) is 10.0 Å². The van der Waals surface area contributed by atoms with E-state index in [1.54, 1.807) is 0 Å². The minimum Gasteiger partial charge on any atom is -0.212 e. The summed E-state index contributed by atoms with van der Waals surface area (Å²) in [6.07, 6.45) is -4.70. The lowest BCUT2D eigenvalue weighted by atomic mass is 10.1. The van der Waals surface area contributed by atoms with Crippen molar-refractivity contribution in [1.29, 1.82) is 0 Å². The first kappa shape index (κ1) is 12.7. The molecular weight excluding hydrogens is 207 g/mol. The first-order valence-electron chi connectivity index (χ1n) is 3.50. The quantitative estimate of drug-likeness (QED) is 0.760. The van der Waals surface area contributed by atoms with Crippen LogP contribution in [0.2, 0.25) is 0 Å². The van der Waals surface area contributed by atoms with E-state index in [2.05, 4.69) is 0 Å². The normalized spacial score (nSPS) is 14.6. The maximum atomic E-state index is 11.7. The Balaban J connectivity index is 4.46. The number of halogens is 3. The van der Waals surface area contributed by atoms with Crippen LogP contribution in [0.15, 0.2) is 0 Å². The summed E-state index contributed by atoms with van der Waals surface area (Å²) in [5.74, 6) is -1.84. The zero-order valence-corrected chi connectivity index (χ0v) is 8.38. The van der Waals surface area contributed by atoms with E-state index in [4.69, 9.17) is 0 Å². The van der Waals surface area contributed by atoms with Gasteiger partial charge in [0, 0.05) is 5.54 Å². The Morgan fingerprint density at radius 3 is 1.77 bits per heavy atom. The van der Waals surface area contributed by atoms with Gasteiger partial charge < -0.3 is 0 Å². The number of hydrogen-bond donors (Lipinski definition) is 1. The molecule has 0 aromatic carbocycles. The fourth-order valence-corrected chi connectivity index (χ4v) is 2.15. The van der Waals surface area contributed by atoms with Crippen molar-refractivity contribution in [3.05, 3.63) is 0 Å². The van der Waals surface area contributed by atoms with Gasteiger partial charge in [-0.15, -0.1) is 0 Å². The van der Waals surface area contributed by atoms with Crippen molar-refractivity contribution in [1.82, 2.24) is 4.72 Å².